The average molecular weight is 183 g/mol. The van der Waals surface area contributed by atoms with Crippen molar-refractivity contribution in [3.63, 3.8) is 0 Å². The Hall–Kier alpha value is -0.800. The summed E-state index contributed by atoms with van der Waals surface area (Å²) in [5.74, 6) is 0.956. The van der Waals surface area contributed by atoms with Crippen LogP contribution >= 0.6 is 0 Å². The quantitative estimate of drug-likeness (QED) is 0.766. The van der Waals surface area contributed by atoms with E-state index >= 15 is 0 Å². The molecule has 1 heterocycles. The van der Waals surface area contributed by atoms with Gasteiger partial charge >= 0.3 is 0 Å². The van der Waals surface area contributed by atoms with Crippen LogP contribution in [0.3, 0.4) is 0 Å². The molecule has 0 radical (unpaired) electrons. The van der Waals surface area contributed by atoms with Crippen LogP contribution in [0.5, 0.6) is 0 Å². The first-order valence-electron chi connectivity index (χ1n) is 4.49. The van der Waals surface area contributed by atoms with E-state index in [0.29, 0.717) is 6.54 Å². The van der Waals surface area contributed by atoms with Crippen LogP contribution in [0.4, 0.5) is 0 Å². The van der Waals surface area contributed by atoms with E-state index in [9.17, 15) is 0 Å². The predicted molar refractivity (Wildman–Crippen MR) is 51.5 cm³/mol. The minimum atomic E-state index is -0.280. The molecule has 3 nitrogen and oxygen atoms in total. The lowest BCUT2D eigenvalue weighted by molar-refractivity contribution is 0.138. The molecule has 1 aromatic rings. The van der Waals surface area contributed by atoms with Crippen LogP contribution in [0, 0.1) is 6.92 Å². The summed E-state index contributed by atoms with van der Waals surface area (Å²) in [5.41, 5.74) is 1.18. The van der Waals surface area contributed by atoms with Gasteiger partial charge in [-0.05, 0) is 27.0 Å². The number of furan rings is 1. The van der Waals surface area contributed by atoms with Gasteiger partial charge in [0, 0.05) is 18.7 Å². The molecule has 13 heavy (non-hydrogen) atoms. The largest absolute Gasteiger partial charge is 0.469 e. The van der Waals surface area contributed by atoms with Crippen LogP contribution in [0.15, 0.2) is 16.7 Å². The average Bonchev–Trinajstić information content (AvgIpc) is 2.34. The number of hydrogen-bond acceptors (Lipinski definition) is 3. The highest BCUT2D eigenvalue weighted by Gasteiger charge is 2.06. The van der Waals surface area contributed by atoms with Crippen molar-refractivity contribution < 1.29 is 9.52 Å². The van der Waals surface area contributed by atoms with E-state index in [4.69, 9.17) is 9.52 Å². The van der Waals surface area contributed by atoms with Crippen LogP contribution in [0.25, 0.3) is 0 Å². The second kappa shape index (κ2) is 4.44. The predicted octanol–water partition coefficient (Wildman–Crippen LogP) is 1.40. The third-order valence-electron chi connectivity index (χ3n) is 1.98. The molecule has 0 saturated carbocycles. The van der Waals surface area contributed by atoms with E-state index in [1.54, 1.807) is 13.2 Å². The third-order valence-corrected chi connectivity index (χ3v) is 1.98. The Morgan fingerprint density at radius 2 is 2.31 bits per heavy atom. The zero-order chi connectivity index (χ0) is 9.84. The standard InChI is InChI=1S/C10H17NO2/c1-8(12)6-11(3)7-10-4-5-13-9(10)2/h4-5,8,12H,6-7H2,1-3H3/t8-/m0/s1. The minimum absolute atomic E-state index is 0.280. The van der Waals surface area contributed by atoms with Crippen LogP contribution < -0.4 is 0 Å². The van der Waals surface area contributed by atoms with Crippen molar-refractivity contribution in [1.29, 1.82) is 0 Å². The number of aryl methyl sites for hydroxylation is 1. The Morgan fingerprint density at radius 3 is 2.77 bits per heavy atom. The molecule has 0 aliphatic heterocycles. The number of aliphatic hydroxyl groups excluding tert-OH is 1. The minimum Gasteiger partial charge on any atom is -0.469 e. The van der Waals surface area contributed by atoms with Crippen LogP contribution in [0.2, 0.25) is 0 Å². The molecule has 74 valence electrons. The molecule has 0 saturated heterocycles. The second-order valence-electron chi connectivity index (χ2n) is 3.55. The summed E-state index contributed by atoms with van der Waals surface area (Å²) in [6.45, 7) is 5.25. The number of rotatable bonds is 4. The van der Waals surface area contributed by atoms with Gasteiger partial charge in [0.05, 0.1) is 12.4 Å². The highest BCUT2D eigenvalue weighted by molar-refractivity contribution is 5.14. The fourth-order valence-electron chi connectivity index (χ4n) is 1.38. The maximum atomic E-state index is 9.16. The van der Waals surface area contributed by atoms with Crippen molar-refractivity contribution in [3.8, 4) is 0 Å². The molecule has 0 aromatic carbocycles. The van der Waals surface area contributed by atoms with E-state index in [-0.39, 0.29) is 6.10 Å². The fourth-order valence-corrected chi connectivity index (χ4v) is 1.38. The first-order valence-corrected chi connectivity index (χ1v) is 4.49. The van der Waals surface area contributed by atoms with E-state index in [0.717, 1.165) is 12.3 Å². The summed E-state index contributed by atoms with van der Waals surface area (Å²) in [4.78, 5) is 2.07. The molecule has 0 unspecified atom stereocenters. The molecule has 0 aliphatic rings. The molecule has 0 spiro atoms. The van der Waals surface area contributed by atoms with Crippen molar-refractivity contribution in [2.45, 2.75) is 26.5 Å². The molecule has 0 amide bonds. The molecular formula is C10H17NO2. The van der Waals surface area contributed by atoms with Gasteiger partial charge in [0.2, 0.25) is 0 Å². The van der Waals surface area contributed by atoms with Gasteiger partial charge in [0.15, 0.2) is 0 Å². The highest BCUT2D eigenvalue weighted by atomic mass is 16.3. The van der Waals surface area contributed by atoms with E-state index < -0.39 is 0 Å². The third kappa shape index (κ3) is 3.20. The van der Waals surface area contributed by atoms with E-state index in [1.807, 2.05) is 20.0 Å². The maximum absolute atomic E-state index is 9.16. The van der Waals surface area contributed by atoms with Crippen molar-refractivity contribution in [2.24, 2.45) is 0 Å². The zero-order valence-corrected chi connectivity index (χ0v) is 8.45. The van der Waals surface area contributed by atoms with Crippen molar-refractivity contribution in [1.82, 2.24) is 4.90 Å². The Balaban J connectivity index is 2.45. The van der Waals surface area contributed by atoms with Crippen molar-refractivity contribution in [3.05, 3.63) is 23.7 Å². The Kier molecular flexibility index (Phi) is 3.51. The highest BCUT2D eigenvalue weighted by Crippen LogP contribution is 2.10. The van der Waals surface area contributed by atoms with Crippen LogP contribution in [-0.4, -0.2) is 29.7 Å². The molecule has 1 aromatic heterocycles. The molecule has 3 heteroatoms. The van der Waals surface area contributed by atoms with Gasteiger partial charge in [-0.1, -0.05) is 0 Å². The SMILES string of the molecule is Cc1occc1CN(C)C[C@H](C)O. The second-order valence-corrected chi connectivity index (χ2v) is 3.55. The number of likely N-dealkylation sites (N-methyl/N-ethyl adjacent to an activating group) is 1. The molecule has 0 aliphatic carbocycles. The summed E-state index contributed by atoms with van der Waals surface area (Å²) in [6.07, 6.45) is 1.41. The van der Waals surface area contributed by atoms with Gasteiger partial charge < -0.3 is 9.52 Å². The zero-order valence-electron chi connectivity index (χ0n) is 8.45. The lowest BCUT2D eigenvalue weighted by atomic mass is 10.2. The number of nitrogens with zero attached hydrogens (tertiary/aromatic N) is 1. The van der Waals surface area contributed by atoms with Gasteiger partial charge in [0.1, 0.15) is 5.76 Å². The molecule has 1 N–H and O–H groups in total. The number of aliphatic hydroxyl groups is 1. The molecule has 0 fully saturated rings. The molecular weight excluding hydrogens is 166 g/mol. The van der Waals surface area contributed by atoms with Crippen molar-refractivity contribution in [2.75, 3.05) is 13.6 Å². The lowest BCUT2D eigenvalue weighted by Crippen LogP contribution is -2.26. The molecule has 1 atom stereocenters. The fraction of sp³-hybridized carbons (Fsp3) is 0.600. The van der Waals surface area contributed by atoms with Gasteiger partial charge in [-0.25, -0.2) is 0 Å². The number of hydrogen-bond donors (Lipinski definition) is 1. The van der Waals surface area contributed by atoms with E-state index in [2.05, 4.69) is 4.90 Å². The maximum Gasteiger partial charge on any atom is 0.105 e. The summed E-state index contributed by atoms with van der Waals surface area (Å²) in [7, 11) is 1.99. The van der Waals surface area contributed by atoms with Crippen molar-refractivity contribution >= 4 is 0 Å². The summed E-state index contributed by atoms with van der Waals surface area (Å²) < 4.78 is 5.18. The topological polar surface area (TPSA) is 36.6 Å². The monoisotopic (exact) mass is 183 g/mol. The first-order chi connectivity index (χ1) is 6.09. The van der Waals surface area contributed by atoms with Gasteiger partial charge in [0.25, 0.3) is 0 Å². The Morgan fingerprint density at radius 1 is 1.62 bits per heavy atom. The smallest absolute Gasteiger partial charge is 0.105 e. The Bertz CT molecular complexity index is 255. The Labute approximate surface area is 79.0 Å². The normalized spacial score (nSPS) is 13.6. The van der Waals surface area contributed by atoms with Gasteiger partial charge in [-0.15, -0.1) is 0 Å². The van der Waals surface area contributed by atoms with Crippen LogP contribution in [0.1, 0.15) is 18.2 Å². The van der Waals surface area contributed by atoms with Gasteiger partial charge in [-0.2, -0.15) is 0 Å². The first kappa shape index (κ1) is 10.3. The van der Waals surface area contributed by atoms with E-state index in [1.165, 1.54) is 5.56 Å². The molecule has 1 rings (SSSR count). The summed E-state index contributed by atoms with van der Waals surface area (Å²) >= 11 is 0. The molecule has 0 bridgehead atoms. The summed E-state index contributed by atoms with van der Waals surface area (Å²) in [6, 6.07) is 1.97. The lowest BCUT2D eigenvalue weighted by Gasteiger charge is -2.17. The summed E-state index contributed by atoms with van der Waals surface area (Å²) in [5, 5.41) is 9.16. The van der Waals surface area contributed by atoms with Gasteiger partial charge in [-0.3, -0.25) is 4.90 Å². The van der Waals surface area contributed by atoms with Crippen LogP contribution in [-0.2, 0) is 6.54 Å².